The van der Waals surface area contributed by atoms with Crippen LogP contribution in [0.1, 0.15) is 23.8 Å². The van der Waals surface area contributed by atoms with Gasteiger partial charge in [-0.1, -0.05) is 47.6 Å². The lowest BCUT2D eigenvalue weighted by molar-refractivity contribution is 0.0917. The first-order valence-electron chi connectivity index (χ1n) is 8.59. The highest BCUT2D eigenvalue weighted by molar-refractivity contribution is 7.88. The van der Waals surface area contributed by atoms with Crippen molar-refractivity contribution >= 4 is 21.0 Å². The minimum atomic E-state index is -3.52. The quantitative estimate of drug-likeness (QED) is 0.719. The van der Waals surface area contributed by atoms with Crippen LogP contribution in [-0.4, -0.2) is 26.7 Å². The summed E-state index contributed by atoms with van der Waals surface area (Å²) in [6, 6.07) is 17.2. The highest BCUT2D eigenvalue weighted by Crippen LogP contribution is 2.34. The third-order valence-corrected chi connectivity index (χ3v) is 5.95. The molecule has 1 saturated heterocycles. The van der Waals surface area contributed by atoms with Crippen molar-refractivity contribution < 1.29 is 17.7 Å². The molecule has 1 fully saturated rings. The van der Waals surface area contributed by atoms with E-state index < -0.39 is 10.0 Å². The van der Waals surface area contributed by atoms with Crippen LogP contribution in [0, 0.1) is 5.92 Å². The van der Waals surface area contributed by atoms with Gasteiger partial charge in [0.05, 0.1) is 6.10 Å². The molecule has 26 heavy (non-hydrogen) atoms. The van der Waals surface area contributed by atoms with Crippen LogP contribution in [0.15, 0.2) is 59.1 Å². The number of hydrogen-bond donors (Lipinski definition) is 1. The molecular formula is C19H20N2O4S. The van der Waals surface area contributed by atoms with Gasteiger partial charge in [0.25, 0.3) is 0 Å². The summed E-state index contributed by atoms with van der Waals surface area (Å²) in [5.74, 6) is -0.0886. The van der Waals surface area contributed by atoms with E-state index in [1.807, 2.05) is 48.5 Å². The monoisotopic (exact) mass is 372 g/mol. The van der Waals surface area contributed by atoms with Crippen LogP contribution >= 0.6 is 0 Å². The maximum Gasteiger partial charge on any atom is 0.217 e. The number of fused-ring (bicyclic) bond motifs is 1. The standard InChI is InChI=1S/C19H20N2O4S/c22-26(23,13-17-16-8-4-5-9-18(16)25-21-17)20-12-15-10-11-24-19(15)14-6-2-1-3-7-14/h1-9,15,19-20H,10-13H2/t15-,19-/m0/s1. The Kier molecular flexibility index (Phi) is 4.76. The van der Waals surface area contributed by atoms with E-state index in [1.54, 1.807) is 6.07 Å². The van der Waals surface area contributed by atoms with Crippen LogP contribution in [0.4, 0.5) is 0 Å². The van der Waals surface area contributed by atoms with Crippen molar-refractivity contribution in [1.82, 2.24) is 9.88 Å². The highest BCUT2D eigenvalue weighted by Gasteiger charge is 2.30. The van der Waals surface area contributed by atoms with Gasteiger partial charge in [-0.05, 0) is 24.1 Å². The summed E-state index contributed by atoms with van der Waals surface area (Å²) in [5.41, 5.74) is 2.10. The first kappa shape index (κ1) is 17.2. The number of ether oxygens (including phenoxy) is 1. The second kappa shape index (κ2) is 7.19. The smallest absolute Gasteiger partial charge is 0.217 e. The zero-order valence-electron chi connectivity index (χ0n) is 14.2. The normalized spacial score (nSPS) is 20.6. The molecule has 6 nitrogen and oxygen atoms in total. The minimum Gasteiger partial charge on any atom is -0.373 e. The number of hydrogen-bond acceptors (Lipinski definition) is 5. The molecule has 0 aliphatic carbocycles. The molecule has 0 amide bonds. The summed E-state index contributed by atoms with van der Waals surface area (Å²) in [6.07, 6.45) is 0.751. The molecule has 3 aromatic rings. The van der Waals surface area contributed by atoms with Gasteiger partial charge in [0, 0.05) is 24.5 Å². The van der Waals surface area contributed by atoms with Crippen molar-refractivity contribution in [1.29, 1.82) is 0 Å². The van der Waals surface area contributed by atoms with Crippen LogP contribution in [0.5, 0.6) is 0 Å². The van der Waals surface area contributed by atoms with Crippen LogP contribution in [-0.2, 0) is 20.5 Å². The highest BCUT2D eigenvalue weighted by atomic mass is 32.2. The van der Waals surface area contributed by atoms with Gasteiger partial charge >= 0.3 is 0 Å². The van der Waals surface area contributed by atoms with E-state index >= 15 is 0 Å². The van der Waals surface area contributed by atoms with Crippen LogP contribution in [0.2, 0.25) is 0 Å². The Morgan fingerprint density at radius 3 is 2.69 bits per heavy atom. The van der Waals surface area contributed by atoms with Gasteiger partial charge in [-0.3, -0.25) is 0 Å². The van der Waals surface area contributed by atoms with Gasteiger partial charge in [-0.2, -0.15) is 0 Å². The molecule has 1 aromatic heterocycles. The molecule has 0 spiro atoms. The molecule has 2 aromatic carbocycles. The number of sulfonamides is 1. The van der Waals surface area contributed by atoms with E-state index in [-0.39, 0.29) is 17.8 Å². The molecule has 1 aliphatic rings. The molecule has 0 unspecified atom stereocenters. The third-order valence-electron chi connectivity index (χ3n) is 4.69. The molecule has 1 aliphatic heterocycles. The topological polar surface area (TPSA) is 81.4 Å². The number of nitrogens with one attached hydrogen (secondary N) is 1. The first-order chi connectivity index (χ1) is 12.6. The van der Waals surface area contributed by atoms with Crippen molar-refractivity contribution in [2.24, 2.45) is 5.92 Å². The fourth-order valence-corrected chi connectivity index (χ4v) is 4.50. The minimum absolute atomic E-state index is 0.0771. The Bertz CT molecular complexity index is 985. The summed E-state index contributed by atoms with van der Waals surface area (Å²) < 4.78 is 38.7. The number of aromatic nitrogens is 1. The molecule has 0 saturated carbocycles. The second-order valence-electron chi connectivity index (χ2n) is 6.48. The van der Waals surface area contributed by atoms with E-state index in [9.17, 15) is 8.42 Å². The molecule has 7 heteroatoms. The van der Waals surface area contributed by atoms with E-state index in [0.717, 1.165) is 17.4 Å². The molecule has 0 bridgehead atoms. The zero-order valence-corrected chi connectivity index (χ0v) is 15.0. The Hall–Kier alpha value is -2.22. The third kappa shape index (κ3) is 3.65. The predicted octanol–water partition coefficient (Wildman–Crippen LogP) is 3.03. The summed E-state index contributed by atoms with van der Waals surface area (Å²) in [4.78, 5) is 0. The lowest BCUT2D eigenvalue weighted by Crippen LogP contribution is -2.31. The van der Waals surface area contributed by atoms with Crippen LogP contribution in [0.3, 0.4) is 0 Å². The van der Waals surface area contributed by atoms with Gasteiger partial charge in [0.1, 0.15) is 11.4 Å². The number of para-hydroxylation sites is 1. The number of nitrogens with zero attached hydrogens (tertiary/aromatic N) is 1. The van der Waals surface area contributed by atoms with Crippen molar-refractivity contribution in [3.63, 3.8) is 0 Å². The maximum absolute atomic E-state index is 12.5. The van der Waals surface area contributed by atoms with Crippen molar-refractivity contribution in [3.8, 4) is 0 Å². The molecule has 2 heterocycles. The molecular weight excluding hydrogens is 352 g/mol. The lowest BCUT2D eigenvalue weighted by Gasteiger charge is -2.19. The van der Waals surface area contributed by atoms with Crippen molar-refractivity contribution in [3.05, 3.63) is 65.9 Å². The van der Waals surface area contributed by atoms with Gasteiger partial charge < -0.3 is 9.26 Å². The van der Waals surface area contributed by atoms with E-state index in [0.29, 0.717) is 24.4 Å². The van der Waals surface area contributed by atoms with Crippen molar-refractivity contribution in [2.75, 3.05) is 13.2 Å². The number of benzene rings is 2. The van der Waals surface area contributed by atoms with E-state index in [1.165, 1.54) is 0 Å². The van der Waals surface area contributed by atoms with Gasteiger partial charge in [-0.25, -0.2) is 13.1 Å². The van der Waals surface area contributed by atoms with Gasteiger partial charge in [0.2, 0.25) is 10.0 Å². The van der Waals surface area contributed by atoms with Crippen LogP contribution in [0.25, 0.3) is 11.0 Å². The summed E-state index contributed by atoms with van der Waals surface area (Å²) >= 11 is 0. The SMILES string of the molecule is O=S(=O)(Cc1noc2ccccc12)NC[C@@H]1CCO[C@H]1c1ccccc1. The molecule has 2 atom stereocenters. The fourth-order valence-electron chi connectivity index (χ4n) is 3.36. The molecule has 1 N–H and O–H groups in total. The Balaban J connectivity index is 1.43. The average Bonchev–Trinajstić information content (AvgIpc) is 3.28. The average molecular weight is 372 g/mol. The Morgan fingerprint density at radius 2 is 1.85 bits per heavy atom. The Morgan fingerprint density at radius 1 is 1.08 bits per heavy atom. The largest absolute Gasteiger partial charge is 0.373 e. The second-order valence-corrected chi connectivity index (χ2v) is 8.29. The summed E-state index contributed by atoms with van der Waals surface area (Å²) in [7, 11) is -3.52. The lowest BCUT2D eigenvalue weighted by atomic mass is 9.96. The van der Waals surface area contributed by atoms with E-state index in [4.69, 9.17) is 9.26 Å². The molecule has 0 radical (unpaired) electrons. The van der Waals surface area contributed by atoms with Crippen LogP contribution < -0.4 is 4.72 Å². The predicted molar refractivity (Wildman–Crippen MR) is 97.9 cm³/mol. The number of rotatable bonds is 6. The van der Waals surface area contributed by atoms with Gasteiger partial charge in [-0.15, -0.1) is 0 Å². The molecule has 4 rings (SSSR count). The molecule has 136 valence electrons. The maximum atomic E-state index is 12.5. The zero-order chi connectivity index (χ0) is 18.0. The first-order valence-corrected chi connectivity index (χ1v) is 10.2. The summed E-state index contributed by atoms with van der Waals surface area (Å²) in [6.45, 7) is 0.984. The summed E-state index contributed by atoms with van der Waals surface area (Å²) in [5, 5.41) is 4.63. The fraction of sp³-hybridized carbons (Fsp3) is 0.316. The van der Waals surface area contributed by atoms with Gasteiger partial charge in [0.15, 0.2) is 5.58 Å². The van der Waals surface area contributed by atoms with Crippen molar-refractivity contribution in [2.45, 2.75) is 18.3 Å². The Labute approximate surface area is 152 Å². The van der Waals surface area contributed by atoms with E-state index in [2.05, 4.69) is 9.88 Å².